The fraction of sp³-hybridized carbons (Fsp3) is 0.188. The highest BCUT2D eigenvalue weighted by molar-refractivity contribution is 6.31. The lowest BCUT2D eigenvalue weighted by Gasteiger charge is -2.08. The highest BCUT2D eigenvalue weighted by Crippen LogP contribution is 2.27. The Morgan fingerprint density at radius 3 is 2.50 bits per heavy atom. The first-order valence-corrected chi connectivity index (χ1v) is 6.60. The van der Waals surface area contributed by atoms with Gasteiger partial charge in [-0.1, -0.05) is 41.9 Å². The van der Waals surface area contributed by atoms with Crippen molar-refractivity contribution in [3.8, 4) is 11.1 Å². The van der Waals surface area contributed by atoms with E-state index in [9.17, 15) is 9.90 Å². The molecule has 0 saturated carbocycles. The van der Waals surface area contributed by atoms with E-state index in [1.165, 1.54) is 6.07 Å². The number of hydrogen-bond acceptors (Lipinski definition) is 2. The minimum Gasteiger partial charge on any atom is -0.478 e. The molecule has 0 radical (unpaired) electrons. The Morgan fingerprint density at radius 2 is 1.90 bits per heavy atom. The Kier molecular flexibility index (Phi) is 4.77. The molecule has 0 atom stereocenters. The van der Waals surface area contributed by atoms with Crippen LogP contribution in [-0.4, -0.2) is 24.8 Å². The van der Waals surface area contributed by atoms with Crippen LogP contribution < -0.4 is 0 Å². The molecule has 0 unspecified atom stereocenters. The number of rotatable bonds is 5. The Balaban J connectivity index is 2.34. The summed E-state index contributed by atoms with van der Waals surface area (Å²) in [6, 6.07) is 12.7. The largest absolute Gasteiger partial charge is 0.478 e. The van der Waals surface area contributed by atoms with Crippen LogP contribution in [0, 0.1) is 0 Å². The smallest absolute Gasteiger partial charge is 0.336 e. The van der Waals surface area contributed by atoms with Gasteiger partial charge in [-0.2, -0.15) is 0 Å². The third-order valence-electron chi connectivity index (χ3n) is 3.07. The van der Waals surface area contributed by atoms with Crippen LogP contribution in [0.3, 0.4) is 0 Å². The van der Waals surface area contributed by atoms with Crippen LogP contribution in [-0.2, 0) is 11.2 Å². The predicted molar refractivity (Wildman–Crippen MR) is 79.4 cm³/mol. The zero-order valence-electron chi connectivity index (χ0n) is 11.1. The van der Waals surface area contributed by atoms with Crippen molar-refractivity contribution in [2.75, 3.05) is 13.7 Å². The summed E-state index contributed by atoms with van der Waals surface area (Å²) < 4.78 is 5.03. The lowest BCUT2D eigenvalue weighted by atomic mass is 9.98. The number of carboxylic acids is 1. The fourth-order valence-corrected chi connectivity index (χ4v) is 2.19. The molecule has 20 heavy (non-hydrogen) atoms. The molecule has 2 aromatic carbocycles. The average Bonchev–Trinajstić information content (AvgIpc) is 2.45. The molecule has 2 aromatic rings. The van der Waals surface area contributed by atoms with Gasteiger partial charge in [0, 0.05) is 12.1 Å². The molecule has 0 aliphatic heterocycles. The van der Waals surface area contributed by atoms with Crippen molar-refractivity contribution >= 4 is 17.6 Å². The Hall–Kier alpha value is -1.84. The maximum atomic E-state index is 11.3. The quantitative estimate of drug-likeness (QED) is 0.908. The summed E-state index contributed by atoms with van der Waals surface area (Å²) in [6.07, 6.45) is 0.836. The van der Waals surface area contributed by atoms with Crippen molar-refractivity contribution in [3.05, 3.63) is 58.6 Å². The number of aromatic carboxylic acids is 1. The second kappa shape index (κ2) is 6.55. The van der Waals surface area contributed by atoms with Crippen molar-refractivity contribution < 1.29 is 14.6 Å². The highest BCUT2D eigenvalue weighted by atomic mass is 35.5. The molecule has 0 aliphatic rings. The van der Waals surface area contributed by atoms with Gasteiger partial charge in [0.1, 0.15) is 0 Å². The number of benzene rings is 2. The standard InChI is InChI=1S/C16H15ClO3/c1-20-9-8-11-2-4-12(5-3-11)14-7-6-13(17)10-15(14)16(18)19/h2-7,10H,8-9H2,1H3,(H,18,19). The molecule has 0 spiro atoms. The van der Waals surface area contributed by atoms with E-state index in [2.05, 4.69) is 0 Å². The van der Waals surface area contributed by atoms with Crippen molar-refractivity contribution in [2.24, 2.45) is 0 Å². The second-order valence-electron chi connectivity index (χ2n) is 4.43. The number of hydrogen-bond donors (Lipinski definition) is 1. The van der Waals surface area contributed by atoms with Gasteiger partial charge in [-0.15, -0.1) is 0 Å². The number of carboxylic acid groups (broad SMARTS) is 1. The van der Waals surface area contributed by atoms with Crippen molar-refractivity contribution in [1.29, 1.82) is 0 Å². The molecule has 1 N–H and O–H groups in total. The molecule has 3 nitrogen and oxygen atoms in total. The van der Waals surface area contributed by atoms with Crippen LogP contribution in [0.4, 0.5) is 0 Å². The van der Waals surface area contributed by atoms with Crippen LogP contribution in [0.1, 0.15) is 15.9 Å². The van der Waals surface area contributed by atoms with E-state index in [1.54, 1.807) is 19.2 Å². The molecular formula is C16H15ClO3. The zero-order chi connectivity index (χ0) is 14.5. The molecule has 0 aliphatic carbocycles. The van der Waals surface area contributed by atoms with Crippen LogP contribution in [0.5, 0.6) is 0 Å². The maximum absolute atomic E-state index is 11.3. The Labute approximate surface area is 122 Å². The van der Waals surface area contributed by atoms with E-state index < -0.39 is 5.97 Å². The monoisotopic (exact) mass is 290 g/mol. The Morgan fingerprint density at radius 1 is 1.20 bits per heavy atom. The number of ether oxygens (including phenoxy) is 1. The number of methoxy groups -OCH3 is 1. The summed E-state index contributed by atoms with van der Waals surface area (Å²) in [7, 11) is 1.67. The molecule has 0 amide bonds. The zero-order valence-corrected chi connectivity index (χ0v) is 11.9. The summed E-state index contributed by atoms with van der Waals surface area (Å²) in [6.45, 7) is 0.667. The average molecular weight is 291 g/mol. The summed E-state index contributed by atoms with van der Waals surface area (Å²) in [4.78, 5) is 11.3. The van der Waals surface area contributed by atoms with E-state index in [4.69, 9.17) is 16.3 Å². The minimum atomic E-state index is -0.981. The van der Waals surface area contributed by atoms with Gasteiger partial charge >= 0.3 is 5.97 Å². The maximum Gasteiger partial charge on any atom is 0.336 e. The summed E-state index contributed by atoms with van der Waals surface area (Å²) in [5.74, 6) is -0.981. The van der Waals surface area contributed by atoms with Crippen LogP contribution >= 0.6 is 11.6 Å². The van der Waals surface area contributed by atoms with E-state index >= 15 is 0 Å². The van der Waals surface area contributed by atoms with Gasteiger partial charge in [0.15, 0.2) is 0 Å². The first-order chi connectivity index (χ1) is 9.61. The van der Waals surface area contributed by atoms with Gasteiger partial charge in [0.05, 0.1) is 12.2 Å². The molecule has 0 aromatic heterocycles. The lowest BCUT2D eigenvalue weighted by Crippen LogP contribution is -2.00. The first-order valence-electron chi connectivity index (χ1n) is 6.23. The SMILES string of the molecule is COCCc1ccc(-c2ccc(Cl)cc2C(=O)O)cc1. The lowest BCUT2D eigenvalue weighted by molar-refractivity contribution is 0.0697. The van der Waals surface area contributed by atoms with E-state index in [-0.39, 0.29) is 5.56 Å². The topological polar surface area (TPSA) is 46.5 Å². The predicted octanol–water partition coefficient (Wildman–Crippen LogP) is 3.89. The van der Waals surface area contributed by atoms with Gasteiger partial charge < -0.3 is 9.84 Å². The van der Waals surface area contributed by atoms with Gasteiger partial charge in [0.25, 0.3) is 0 Å². The van der Waals surface area contributed by atoms with Crippen molar-refractivity contribution in [1.82, 2.24) is 0 Å². The molecule has 104 valence electrons. The number of carbonyl (C=O) groups is 1. The first kappa shape index (κ1) is 14.6. The van der Waals surface area contributed by atoms with Gasteiger partial charge in [0.2, 0.25) is 0 Å². The van der Waals surface area contributed by atoms with Crippen LogP contribution in [0.25, 0.3) is 11.1 Å². The molecule has 4 heteroatoms. The third kappa shape index (κ3) is 3.38. The van der Waals surface area contributed by atoms with Crippen molar-refractivity contribution in [3.63, 3.8) is 0 Å². The third-order valence-corrected chi connectivity index (χ3v) is 3.31. The van der Waals surface area contributed by atoms with Gasteiger partial charge in [-0.25, -0.2) is 4.79 Å². The van der Waals surface area contributed by atoms with Gasteiger partial charge in [-0.3, -0.25) is 0 Å². The van der Waals surface area contributed by atoms with Crippen molar-refractivity contribution in [2.45, 2.75) is 6.42 Å². The van der Waals surface area contributed by atoms with E-state index in [0.29, 0.717) is 17.2 Å². The van der Waals surface area contributed by atoms with Gasteiger partial charge in [-0.05, 0) is 35.2 Å². The summed E-state index contributed by atoms with van der Waals surface area (Å²) in [5, 5.41) is 9.67. The van der Waals surface area contributed by atoms with Crippen LogP contribution in [0.2, 0.25) is 5.02 Å². The molecule has 0 saturated heterocycles. The van der Waals surface area contributed by atoms with E-state index in [0.717, 1.165) is 17.5 Å². The Bertz CT molecular complexity index is 606. The highest BCUT2D eigenvalue weighted by Gasteiger charge is 2.12. The van der Waals surface area contributed by atoms with E-state index in [1.807, 2.05) is 24.3 Å². The summed E-state index contributed by atoms with van der Waals surface area (Å²) in [5.41, 5.74) is 2.89. The second-order valence-corrected chi connectivity index (χ2v) is 4.87. The minimum absolute atomic E-state index is 0.210. The van der Waals surface area contributed by atoms with Crippen LogP contribution in [0.15, 0.2) is 42.5 Å². The molecule has 2 rings (SSSR count). The molecule has 0 heterocycles. The molecule has 0 bridgehead atoms. The normalized spacial score (nSPS) is 10.5. The molecular weight excluding hydrogens is 276 g/mol. The summed E-state index contributed by atoms with van der Waals surface area (Å²) >= 11 is 5.85. The fourth-order valence-electron chi connectivity index (χ4n) is 2.02. The number of halogens is 1. The molecule has 0 fully saturated rings.